The standard InChI is InChI=1S/C23H30N4O5/c1-23(2,3)32-22(31)24-15-8-10-26(11-9-15)16-5-4-14-13-27(21(30)17(14)12-16)18-6-7-19(28)25-20(18)29/h4-5,12,15,18H,6-11,13H2,1-3H3,(H,24,31)(H,25,28,29). The third kappa shape index (κ3) is 4.71. The van der Waals surface area contributed by atoms with Crippen molar-refractivity contribution < 1.29 is 23.9 Å². The Labute approximate surface area is 187 Å². The molecule has 172 valence electrons. The predicted molar refractivity (Wildman–Crippen MR) is 117 cm³/mol. The largest absolute Gasteiger partial charge is 0.444 e. The number of benzene rings is 1. The van der Waals surface area contributed by atoms with E-state index in [0.29, 0.717) is 18.5 Å². The van der Waals surface area contributed by atoms with Crippen LogP contribution < -0.4 is 15.5 Å². The highest BCUT2D eigenvalue weighted by atomic mass is 16.6. The molecule has 0 saturated carbocycles. The Balaban J connectivity index is 1.37. The van der Waals surface area contributed by atoms with Crippen LogP contribution in [0.25, 0.3) is 0 Å². The molecule has 3 aliphatic heterocycles. The lowest BCUT2D eigenvalue weighted by molar-refractivity contribution is -0.136. The molecular formula is C23H30N4O5. The zero-order chi connectivity index (χ0) is 23.0. The number of hydrogen-bond acceptors (Lipinski definition) is 6. The van der Waals surface area contributed by atoms with Gasteiger partial charge in [0.15, 0.2) is 0 Å². The molecule has 1 aromatic carbocycles. The molecule has 1 atom stereocenters. The molecule has 2 N–H and O–H groups in total. The summed E-state index contributed by atoms with van der Waals surface area (Å²) in [5.41, 5.74) is 1.94. The van der Waals surface area contributed by atoms with E-state index >= 15 is 0 Å². The monoisotopic (exact) mass is 442 g/mol. The Morgan fingerprint density at radius 2 is 1.84 bits per heavy atom. The lowest BCUT2D eigenvalue weighted by atomic mass is 10.0. The van der Waals surface area contributed by atoms with Crippen LogP contribution >= 0.6 is 0 Å². The van der Waals surface area contributed by atoms with Crippen molar-refractivity contribution in [2.45, 2.75) is 70.7 Å². The van der Waals surface area contributed by atoms with Gasteiger partial charge in [0.25, 0.3) is 5.91 Å². The number of anilines is 1. The molecule has 0 aliphatic carbocycles. The van der Waals surface area contributed by atoms with Crippen molar-refractivity contribution >= 4 is 29.5 Å². The molecule has 4 amide bonds. The van der Waals surface area contributed by atoms with Crippen LogP contribution in [0.3, 0.4) is 0 Å². The number of nitrogens with zero attached hydrogens (tertiary/aromatic N) is 2. The Bertz CT molecular complexity index is 946. The number of amides is 4. The van der Waals surface area contributed by atoms with Crippen LogP contribution in [0.1, 0.15) is 62.4 Å². The molecule has 9 heteroatoms. The number of piperidine rings is 2. The van der Waals surface area contributed by atoms with Gasteiger partial charge >= 0.3 is 6.09 Å². The molecular weight excluding hydrogens is 412 g/mol. The van der Waals surface area contributed by atoms with Crippen molar-refractivity contribution in [3.63, 3.8) is 0 Å². The molecule has 1 aromatic rings. The zero-order valence-corrected chi connectivity index (χ0v) is 18.8. The summed E-state index contributed by atoms with van der Waals surface area (Å²) in [4.78, 5) is 52.4. The Kier molecular flexibility index (Phi) is 5.83. The number of nitrogens with one attached hydrogen (secondary N) is 2. The first kappa shape index (κ1) is 22.1. The molecule has 1 unspecified atom stereocenters. The molecule has 3 aliphatic rings. The highest BCUT2D eigenvalue weighted by Crippen LogP contribution is 2.31. The summed E-state index contributed by atoms with van der Waals surface area (Å²) in [6.07, 6.45) is 1.77. The summed E-state index contributed by atoms with van der Waals surface area (Å²) in [7, 11) is 0. The van der Waals surface area contributed by atoms with Crippen molar-refractivity contribution in [2.75, 3.05) is 18.0 Å². The quantitative estimate of drug-likeness (QED) is 0.693. The first-order valence-corrected chi connectivity index (χ1v) is 11.1. The highest BCUT2D eigenvalue weighted by molar-refractivity contribution is 6.05. The SMILES string of the molecule is CC(C)(C)OC(=O)NC1CCN(c2ccc3c(c2)C(=O)N(C2CCC(=O)NC2=O)C3)CC1. The number of ether oxygens (including phenoxy) is 1. The average Bonchev–Trinajstić information content (AvgIpc) is 3.03. The maximum Gasteiger partial charge on any atom is 0.407 e. The van der Waals surface area contributed by atoms with E-state index < -0.39 is 23.6 Å². The van der Waals surface area contributed by atoms with Crippen LogP contribution in [0.5, 0.6) is 0 Å². The van der Waals surface area contributed by atoms with Gasteiger partial charge in [-0.05, 0) is 57.7 Å². The topological polar surface area (TPSA) is 108 Å². The van der Waals surface area contributed by atoms with Crippen molar-refractivity contribution in [1.29, 1.82) is 0 Å². The maximum absolute atomic E-state index is 13.0. The summed E-state index contributed by atoms with van der Waals surface area (Å²) in [5.74, 6) is -0.859. The van der Waals surface area contributed by atoms with E-state index in [4.69, 9.17) is 4.74 Å². The minimum absolute atomic E-state index is 0.0557. The van der Waals surface area contributed by atoms with Gasteiger partial charge < -0.3 is 19.9 Å². The van der Waals surface area contributed by atoms with Gasteiger partial charge in [-0.2, -0.15) is 0 Å². The van der Waals surface area contributed by atoms with Gasteiger partial charge in [-0.25, -0.2) is 4.79 Å². The van der Waals surface area contributed by atoms with Gasteiger partial charge in [0.2, 0.25) is 11.8 Å². The first-order chi connectivity index (χ1) is 15.1. The van der Waals surface area contributed by atoms with Crippen LogP contribution in [-0.4, -0.2) is 59.5 Å². The molecule has 0 radical (unpaired) electrons. The maximum atomic E-state index is 13.0. The zero-order valence-electron chi connectivity index (χ0n) is 18.8. The molecule has 32 heavy (non-hydrogen) atoms. The molecule has 0 bridgehead atoms. The second-order valence-corrected chi connectivity index (χ2v) is 9.65. The van der Waals surface area contributed by atoms with E-state index in [2.05, 4.69) is 15.5 Å². The molecule has 2 saturated heterocycles. The number of carbonyl (C=O) groups is 4. The predicted octanol–water partition coefficient (Wildman–Crippen LogP) is 1.94. The van der Waals surface area contributed by atoms with Crippen LogP contribution in [0.2, 0.25) is 0 Å². The van der Waals surface area contributed by atoms with E-state index in [0.717, 1.165) is 37.2 Å². The number of carbonyl (C=O) groups excluding carboxylic acids is 4. The Morgan fingerprint density at radius 1 is 1.12 bits per heavy atom. The molecule has 0 aromatic heterocycles. The van der Waals surface area contributed by atoms with E-state index in [1.54, 1.807) is 4.90 Å². The summed E-state index contributed by atoms with van der Waals surface area (Å²) in [5, 5.41) is 5.26. The number of alkyl carbamates (subject to hydrolysis) is 1. The van der Waals surface area contributed by atoms with Crippen molar-refractivity contribution in [1.82, 2.24) is 15.5 Å². The van der Waals surface area contributed by atoms with Crippen LogP contribution in [-0.2, 0) is 20.9 Å². The fourth-order valence-electron chi connectivity index (χ4n) is 4.50. The van der Waals surface area contributed by atoms with Crippen molar-refractivity contribution in [3.05, 3.63) is 29.3 Å². The lowest BCUT2D eigenvalue weighted by Gasteiger charge is -2.34. The summed E-state index contributed by atoms with van der Waals surface area (Å²) >= 11 is 0. The van der Waals surface area contributed by atoms with Gasteiger partial charge in [-0.3, -0.25) is 19.7 Å². The van der Waals surface area contributed by atoms with E-state index in [1.165, 1.54) is 0 Å². The van der Waals surface area contributed by atoms with Crippen LogP contribution in [0.4, 0.5) is 10.5 Å². The number of imide groups is 1. The molecule has 9 nitrogen and oxygen atoms in total. The van der Waals surface area contributed by atoms with Gasteiger partial charge in [0.05, 0.1) is 0 Å². The fraction of sp³-hybridized carbons (Fsp3) is 0.565. The average molecular weight is 443 g/mol. The third-order valence-electron chi connectivity index (χ3n) is 6.09. The highest BCUT2D eigenvalue weighted by Gasteiger charge is 2.39. The minimum atomic E-state index is -0.606. The number of rotatable bonds is 3. The third-order valence-corrected chi connectivity index (χ3v) is 6.09. The van der Waals surface area contributed by atoms with E-state index in [-0.39, 0.29) is 24.3 Å². The molecule has 2 fully saturated rings. The number of fused-ring (bicyclic) bond motifs is 1. The second kappa shape index (κ2) is 8.44. The van der Waals surface area contributed by atoms with Crippen LogP contribution in [0.15, 0.2) is 18.2 Å². The molecule has 4 rings (SSSR count). The lowest BCUT2D eigenvalue weighted by Crippen LogP contribution is -2.52. The van der Waals surface area contributed by atoms with Gasteiger partial charge in [-0.1, -0.05) is 6.07 Å². The smallest absolute Gasteiger partial charge is 0.407 e. The van der Waals surface area contributed by atoms with Gasteiger partial charge in [0, 0.05) is 43.3 Å². The second-order valence-electron chi connectivity index (χ2n) is 9.65. The van der Waals surface area contributed by atoms with Crippen molar-refractivity contribution in [2.24, 2.45) is 0 Å². The van der Waals surface area contributed by atoms with E-state index in [1.807, 2.05) is 39.0 Å². The van der Waals surface area contributed by atoms with Gasteiger partial charge in [0.1, 0.15) is 11.6 Å². The summed E-state index contributed by atoms with van der Waals surface area (Å²) < 4.78 is 5.33. The summed E-state index contributed by atoms with van der Waals surface area (Å²) in [6, 6.07) is 5.29. The van der Waals surface area contributed by atoms with Crippen LogP contribution in [0, 0.1) is 0 Å². The first-order valence-electron chi connectivity index (χ1n) is 11.1. The van der Waals surface area contributed by atoms with E-state index in [9.17, 15) is 19.2 Å². The molecule has 3 heterocycles. The Hall–Kier alpha value is -3.10. The fourth-order valence-corrected chi connectivity index (χ4v) is 4.50. The summed E-state index contributed by atoms with van der Waals surface area (Å²) in [6.45, 7) is 7.40. The minimum Gasteiger partial charge on any atom is -0.444 e. The molecule has 0 spiro atoms. The van der Waals surface area contributed by atoms with Crippen molar-refractivity contribution in [3.8, 4) is 0 Å². The number of hydrogen-bond donors (Lipinski definition) is 2. The van der Waals surface area contributed by atoms with Gasteiger partial charge in [-0.15, -0.1) is 0 Å². The normalized spacial score (nSPS) is 22.0. The Morgan fingerprint density at radius 3 is 2.50 bits per heavy atom.